The van der Waals surface area contributed by atoms with Gasteiger partial charge in [0, 0.05) is 0 Å². The van der Waals surface area contributed by atoms with Crippen LogP contribution in [-0.2, 0) is 10.3 Å². The average molecular weight is 205 g/mol. The summed E-state index contributed by atoms with van der Waals surface area (Å²) in [6.45, 7) is 2.75. The van der Waals surface area contributed by atoms with E-state index in [-0.39, 0.29) is 5.92 Å². The first kappa shape index (κ1) is 10.2. The monoisotopic (exact) mass is 205 g/mol. The summed E-state index contributed by atoms with van der Waals surface area (Å²) in [4.78, 5) is 11.5. The number of carboxylic acids is 1. The maximum atomic E-state index is 11.5. The molecule has 15 heavy (non-hydrogen) atoms. The second-order valence-electron chi connectivity index (χ2n) is 4.10. The van der Waals surface area contributed by atoms with Crippen molar-refractivity contribution in [2.45, 2.75) is 18.9 Å². The highest BCUT2D eigenvalue weighted by Gasteiger charge is 2.48. The standard InChI is InChI=1S/C12H15NO2/c1-9-7-8-13-12(9,11(14)15)10-5-3-2-4-6-10/h2-6,9,13H,7-8H2,1H3,(H,14,15)/t9-,12-/m0/s1. The van der Waals surface area contributed by atoms with E-state index >= 15 is 0 Å². The summed E-state index contributed by atoms with van der Waals surface area (Å²) in [6, 6.07) is 9.42. The molecule has 1 saturated heterocycles. The zero-order chi connectivity index (χ0) is 10.9. The first-order valence-corrected chi connectivity index (χ1v) is 5.22. The molecule has 0 unspecified atom stereocenters. The Morgan fingerprint density at radius 3 is 2.60 bits per heavy atom. The molecule has 0 spiro atoms. The summed E-state index contributed by atoms with van der Waals surface area (Å²) < 4.78 is 0. The Kier molecular flexibility index (Phi) is 2.49. The van der Waals surface area contributed by atoms with Crippen molar-refractivity contribution in [1.82, 2.24) is 5.32 Å². The van der Waals surface area contributed by atoms with Crippen molar-refractivity contribution in [3.8, 4) is 0 Å². The van der Waals surface area contributed by atoms with Crippen LogP contribution in [0, 0.1) is 5.92 Å². The fraction of sp³-hybridized carbons (Fsp3) is 0.417. The summed E-state index contributed by atoms with van der Waals surface area (Å²) in [5.41, 5.74) is -0.0381. The molecule has 0 aliphatic carbocycles. The molecular formula is C12H15NO2. The van der Waals surface area contributed by atoms with Crippen LogP contribution < -0.4 is 5.32 Å². The molecule has 2 rings (SSSR count). The molecule has 1 aliphatic rings. The molecule has 80 valence electrons. The molecule has 1 fully saturated rings. The number of carbonyl (C=O) groups is 1. The van der Waals surface area contributed by atoms with Crippen LogP contribution in [0.3, 0.4) is 0 Å². The van der Waals surface area contributed by atoms with E-state index in [1.807, 2.05) is 37.3 Å². The Bertz CT molecular complexity index is 363. The molecule has 1 aliphatic heterocycles. The molecule has 0 radical (unpaired) electrons. The zero-order valence-electron chi connectivity index (χ0n) is 8.73. The van der Waals surface area contributed by atoms with Crippen LogP contribution >= 0.6 is 0 Å². The third-order valence-electron chi connectivity index (χ3n) is 3.29. The number of nitrogens with one attached hydrogen (secondary N) is 1. The largest absolute Gasteiger partial charge is 0.480 e. The lowest BCUT2D eigenvalue weighted by Crippen LogP contribution is -2.48. The first-order chi connectivity index (χ1) is 7.18. The molecule has 1 heterocycles. The van der Waals surface area contributed by atoms with Gasteiger partial charge in [-0.3, -0.25) is 5.32 Å². The van der Waals surface area contributed by atoms with Crippen molar-refractivity contribution in [1.29, 1.82) is 0 Å². The van der Waals surface area contributed by atoms with Crippen molar-refractivity contribution in [3.63, 3.8) is 0 Å². The van der Waals surface area contributed by atoms with Gasteiger partial charge in [0.15, 0.2) is 0 Å². The number of aliphatic carboxylic acids is 1. The van der Waals surface area contributed by atoms with Gasteiger partial charge in [-0.15, -0.1) is 0 Å². The Morgan fingerprint density at radius 2 is 2.13 bits per heavy atom. The number of benzene rings is 1. The predicted molar refractivity (Wildman–Crippen MR) is 57.5 cm³/mol. The zero-order valence-corrected chi connectivity index (χ0v) is 8.73. The number of carboxylic acid groups (broad SMARTS) is 1. The van der Waals surface area contributed by atoms with Crippen LogP contribution in [0.25, 0.3) is 0 Å². The van der Waals surface area contributed by atoms with Gasteiger partial charge in [-0.25, -0.2) is 4.79 Å². The topological polar surface area (TPSA) is 49.3 Å². The van der Waals surface area contributed by atoms with Crippen LogP contribution in [-0.4, -0.2) is 17.6 Å². The van der Waals surface area contributed by atoms with Crippen LogP contribution in [0.4, 0.5) is 0 Å². The second-order valence-corrected chi connectivity index (χ2v) is 4.10. The van der Waals surface area contributed by atoms with E-state index in [2.05, 4.69) is 5.32 Å². The van der Waals surface area contributed by atoms with Gasteiger partial charge < -0.3 is 5.11 Å². The molecule has 0 aromatic heterocycles. The lowest BCUT2D eigenvalue weighted by molar-refractivity contribution is -0.146. The molecule has 0 saturated carbocycles. The highest BCUT2D eigenvalue weighted by atomic mass is 16.4. The summed E-state index contributed by atoms with van der Waals surface area (Å²) in [5, 5.41) is 12.6. The predicted octanol–water partition coefficient (Wildman–Crippen LogP) is 1.60. The Labute approximate surface area is 89.1 Å². The van der Waals surface area contributed by atoms with E-state index < -0.39 is 11.5 Å². The third-order valence-corrected chi connectivity index (χ3v) is 3.29. The van der Waals surface area contributed by atoms with Gasteiger partial charge in [-0.05, 0) is 24.4 Å². The minimum atomic E-state index is -0.888. The van der Waals surface area contributed by atoms with Gasteiger partial charge >= 0.3 is 5.97 Å². The maximum absolute atomic E-state index is 11.5. The van der Waals surface area contributed by atoms with E-state index in [0.29, 0.717) is 0 Å². The Hall–Kier alpha value is -1.35. The van der Waals surface area contributed by atoms with Gasteiger partial charge in [-0.1, -0.05) is 37.3 Å². The molecular weight excluding hydrogens is 190 g/mol. The number of hydrogen-bond donors (Lipinski definition) is 2. The molecule has 1 aromatic carbocycles. The van der Waals surface area contributed by atoms with Crippen LogP contribution in [0.15, 0.2) is 30.3 Å². The normalized spacial score (nSPS) is 30.3. The quantitative estimate of drug-likeness (QED) is 0.771. The van der Waals surface area contributed by atoms with Gasteiger partial charge in [0.25, 0.3) is 0 Å². The van der Waals surface area contributed by atoms with E-state index in [1.165, 1.54) is 0 Å². The van der Waals surface area contributed by atoms with E-state index in [4.69, 9.17) is 0 Å². The lowest BCUT2D eigenvalue weighted by atomic mass is 9.80. The smallest absolute Gasteiger partial charge is 0.328 e. The minimum Gasteiger partial charge on any atom is -0.480 e. The average Bonchev–Trinajstić information content (AvgIpc) is 2.62. The fourth-order valence-electron chi connectivity index (χ4n) is 2.37. The molecule has 2 N–H and O–H groups in total. The maximum Gasteiger partial charge on any atom is 0.328 e. The fourth-order valence-corrected chi connectivity index (χ4v) is 2.37. The van der Waals surface area contributed by atoms with Crippen molar-refractivity contribution in [3.05, 3.63) is 35.9 Å². The molecule has 2 atom stereocenters. The molecule has 3 nitrogen and oxygen atoms in total. The first-order valence-electron chi connectivity index (χ1n) is 5.22. The Morgan fingerprint density at radius 1 is 1.47 bits per heavy atom. The van der Waals surface area contributed by atoms with Crippen LogP contribution in [0.5, 0.6) is 0 Å². The van der Waals surface area contributed by atoms with Crippen molar-refractivity contribution < 1.29 is 9.90 Å². The van der Waals surface area contributed by atoms with Gasteiger partial charge in [0.05, 0.1) is 0 Å². The van der Waals surface area contributed by atoms with Crippen LogP contribution in [0.1, 0.15) is 18.9 Å². The summed E-state index contributed by atoms with van der Waals surface area (Å²) in [6.07, 6.45) is 0.904. The van der Waals surface area contributed by atoms with E-state index in [9.17, 15) is 9.90 Å². The van der Waals surface area contributed by atoms with Crippen molar-refractivity contribution >= 4 is 5.97 Å². The van der Waals surface area contributed by atoms with E-state index in [1.54, 1.807) is 0 Å². The summed E-state index contributed by atoms with van der Waals surface area (Å²) in [5.74, 6) is -0.656. The SMILES string of the molecule is C[C@H]1CCN[C@]1(C(=O)O)c1ccccc1. The minimum absolute atomic E-state index is 0.123. The van der Waals surface area contributed by atoms with Crippen LogP contribution in [0.2, 0.25) is 0 Å². The molecule has 0 amide bonds. The second kappa shape index (κ2) is 3.66. The summed E-state index contributed by atoms with van der Waals surface area (Å²) in [7, 11) is 0. The molecule has 0 bridgehead atoms. The highest BCUT2D eigenvalue weighted by Crippen LogP contribution is 2.36. The Balaban J connectivity index is 2.49. The van der Waals surface area contributed by atoms with Gasteiger partial charge in [0.2, 0.25) is 0 Å². The van der Waals surface area contributed by atoms with Crippen molar-refractivity contribution in [2.75, 3.05) is 6.54 Å². The van der Waals surface area contributed by atoms with Crippen molar-refractivity contribution in [2.24, 2.45) is 5.92 Å². The van der Waals surface area contributed by atoms with E-state index in [0.717, 1.165) is 18.5 Å². The highest BCUT2D eigenvalue weighted by molar-refractivity contribution is 5.81. The van der Waals surface area contributed by atoms with Gasteiger partial charge in [0.1, 0.15) is 5.54 Å². The molecule has 3 heteroatoms. The summed E-state index contributed by atoms with van der Waals surface area (Å²) >= 11 is 0. The number of hydrogen-bond acceptors (Lipinski definition) is 2. The molecule has 1 aromatic rings. The van der Waals surface area contributed by atoms with Gasteiger partial charge in [-0.2, -0.15) is 0 Å². The lowest BCUT2D eigenvalue weighted by Gasteiger charge is -2.29. The number of rotatable bonds is 2. The third kappa shape index (κ3) is 1.43.